The van der Waals surface area contributed by atoms with E-state index in [0.717, 1.165) is 6.07 Å². The van der Waals surface area contributed by atoms with Gasteiger partial charge in [0.15, 0.2) is 6.10 Å². The standard InChI is InChI=1S/C12H12FN3O4/c1-20-10(11(17)18)6-15-12(19)16-8-2-3-9(13)7(4-8)5-14/h2-4,10H,6H2,1H3,(H,17,18)(H2,15,16,19). The topological polar surface area (TPSA) is 111 Å². The van der Waals surface area contributed by atoms with E-state index < -0.39 is 23.9 Å². The second kappa shape index (κ2) is 7.06. The van der Waals surface area contributed by atoms with E-state index in [1.807, 2.05) is 0 Å². The molecule has 0 radical (unpaired) electrons. The number of nitrogens with zero attached hydrogens (tertiary/aromatic N) is 1. The molecule has 7 nitrogen and oxygen atoms in total. The van der Waals surface area contributed by atoms with Crippen LogP contribution in [0.25, 0.3) is 0 Å². The first-order valence-corrected chi connectivity index (χ1v) is 5.48. The number of hydrogen-bond acceptors (Lipinski definition) is 4. The summed E-state index contributed by atoms with van der Waals surface area (Å²) in [6.45, 7) is -0.232. The van der Waals surface area contributed by atoms with Crippen LogP contribution in [0.15, 0.2) is 18.2 Å². The lowest BCUT2D eigenvalue weighted by Gasteiger charge is -2.12. The van der Waals surface area contributed by atoms with Gasteiger partial charge >= 0.3 is 12.0 Å². The van der Waals surface area contributed by atoms with E-state index in [9.17, 15) is 14.0 Å². The van der Waals surface area contributed by atoms with Crippen molar-refractivity contribution in [2.45, 2.75) is 6.10 Å². The molecule has 2 amide bonds. The molecular formula is C12H12FN3O4. The molecule has 0 spiro atoms. The molecule has 20 heavy (non-hydrogen) atoms. The number of anilines is 1. The number of methoxy groups -OCH3 is 1. The number of aliphatic carboxylic acids is 1. The third-order valence-corrected chi connectivity index (χ3v) is 2.35. The van der Waals surface area contributed by atoms with Crippen molar-refractivity contribution in [3.05, 3.63) is 29.6 Å². The summed E-state index contributed by atoms with van der Waals surface area (Å²) < 4.78 is 17.7. The zero-order valence-corrected chi connectivity index (χ0v) is 10.5. The highest BCUT2D eigenvalue weighted by atomic mass is 19.1. The fourth-order valence-electron chi connectivity index (χ4n) is 1.32. The lowest BCUT2D eigenvalue weighted by atomic mass is 10.2. The van der Waals surface area contributed by atoms with Gasteiger partial charge in [-0.15, -0.1) is 0 Å². The molecule has 1 unspecified atom stereocenters. The molecular weight excluding hydrogens is 269 g/mol. The van der Waals surface area contributed by atoms with Crippen molar-refractivity contribution in [3.8, 4) is 6.07 Å². The normalized spacial score (nSPS) is 11.2. The van der Waals surface area contributed by atoms with E-state index in [0.29, 0.717) is 0 Å². The summed E-state index contributed by atoms with van der Waals surface area (Å²) in [4.78, 5) is 22.1. The SMILES string of the molecule is COC(CNC(=O)Nc1ccc(F)c(C#N)c1)C(=O)O. The number of hydrogen-bond donors (Lipinski definition) is 3. The van der Waals surface area contributed by atoms with E-state index in [2.05, 4.69) is 15.4 Å². The van der Waals surface area contributed by atoms with Gasteiger partial charge in [0.1, 0.15) is 11.9 Å². The highest BCUT2D eigenvalue weighted by Gasteiger charge is 2.17. The molecule has 0 aliphatic rings. The van der Waals surface area contributed by atoms with Crippen molar-refractivity contribution >= 4 is 17.7 Å². The summed E-state index contributed by atoms with van der Waals surface area (Å²) in [7, 11) is 1.21. The van der Waals surface area contributed by atoms with Gasteiger partial charge in [0.05, 0.1) is 12.1 Å². The van der Waals surface area contributed by atoms with Crippen LogP contribution < -0.4 is 10.6 Å². The molecule has 1 rings (SSSR count). The average Bonchev–Trinajstić information content (AvgIpc) is 2.41. The molecule has 0 fully saturated rings. The van der Waals surface area contributed by atoms with Crippen LogP contribution in [-0.4, -0.2) is 36.9 Å². The summed E-state index contributed by atoms with van der Waals surface area (Å²) in [6.07, 6.45) is -1.16. The smallest absolute Gasteiger partial charge is 0.334 e. The van der Waals surface area contributed by atoms with Crippen molar-refractivity contribution in [1.82, 2.24) is 5.32 Å². The van der Waals surface area contributed by atoms with Gasteiger partial charge in [-0.05, 0) is 18.2 Å². The molecule has 0 aromatic heterocycles. The molecule has 106 valence electrons. The minimum atomic E-state index is -1.21. The predicted molar refractivity (Wildman–Crippen MR) is 66.6 cm³/mol. The maximum atomic E-state index is 13.1. The third kappa shape index (κ3) is 4.22. The first-order chi connectivity index (χ1) is 9.47. The number of halogens is 1. The van der Waals surface area contributed by atoms with Crippen molar-refractivity contribution in [2.24, 2.45) is 0 Å². The quantitative estimate of drug-likeness (QED) is 0.743. The van der Waals surface area contributed by atoms with Gasteiger partial charge in [-0.25, -0.2) is 14.0 Å². The monoisotopic (exact) mass is 281 g/mol. The van der Waals surface area contributed by atoms with Crippen molar-refractivity contribution < 1.29 is 23.8 Å². The van der Waals surface area contributed by atoms with Gasteiger partial charge in [0, 0.05) is 12.8 Å². The predicted octanol–water partition coefficient (Wildman–Crippen LogP) is 0.918. The number of ether oxygens (including phenoxy) is 1. The van der Waals surface area contributed by atoms with E-state index >= 15 is 0 Å². The van der Waals surface area contributed by atoms with Crippen LogP contribution in [0, 0.1) is 17.1 Å². The highest BCUT2D eigenvalue weighted by molar-refractivity contribution is 5.89. The van der Waals surface area contributed by atoms with E-state index in [-0.39, 0.29) is 17.8 Å². The largest absolute Gasteiger partial charge is 0.479 e. The molecule has 3 N–H and O–H groups in total. The van der Waals surface area contributed by atoms with Gasteiger partial charge in [-0.2, -0.15) is 5.26 Å². The van der Waals surface area contributed by atoms with Crippen LogP contribution in [0.1, 0.15) is 5.56 Å². The average molecular weight is 281 g/mol. The van der Waals surface area contributed by atoms with E-state index in [4.69, 9.17) is 10.4 Å². The molecule has 1 aromatic carbocycles. The summed E-state index contributed by atoms with van der Waals surface area (Å²) in [5, 5.41) is 22.0. The fraction of sp³-hybridized carbons (Fsp3) is 0.250. The highest BCUT2D eigenvalue weighted by Crippen LogP contribution is 2.13. The van der Waals surface area contributed by atoms with Crippen molar-refractivity contribution in [1.29, 1.82) is 5.26 Å². The van der Waals surface area contributed by atoms with Crippen LogP contribution in [-0.2, 0) is 9.53 Å². The molecule has 0 saturated heterocycles. The summed E-state index contributed by atoms with van der Waals surface area (Å²) >= 11 is 0. The van der Waals surface area contributed by atoms with Gasteiger partial charge in [-0.3, -0.25) is 0 Å². The fourth-order valence-corrected chi connectivity index (χ4v) is 1.32. The summed E-state index contributed by atoms with van der Waals surface area (Å²) in [6, 6.07) is 4.44. The third-order valence-electron chi connectivity index (χ3n) is 2.35. The molecule has 0 aliphatic heterocycles. The van der Waals surface area contributed by atoms with Crippen LogP contribution >= 0.6 is 0 Å². The number of rotatable bonds is 5. The number of carbonyl (C=O) groups excluding carboxylic acids is 1. The van der Waals surface area contributed by atoms with Crippen LogP contribution in [0.2, 0.25) is 0 Å². The number of urea groups is 1. The van der Waals surface area contributed by atoms with Crippen molar-refractivity contribution in [3.63, 3.8) is 0 Å². The number of amides is 2. The minimum Gasteiger partial charge on any atom is -0.479 e. The van der Waals surface area contributed by atoms with E-state index in [1.54, 1.807) is 6.07 Å². The Bertz CT molecular complexity index is 556. The van der Waals surface area contributed by atoms with Gasteiger partial charge in [-0.1, -0.05) is 0 Å². The van der Waals surface area contributed by atoms with Crippen LogP contribution in [0.5, 0.6) is 0 Å². The Morgan fingerprint density at radius 1 is 1.55 bits per heavy atom. The number of carboxylic acids is 1. The Morgan fingerprint density at radius 2 is 2.25 bits per heavy atom. The Kier molecular flexibility index (Phi) is 5.43. The molecule has 1 aromatic rings. The lowest BCUT2D eigenvalue weighted by molar-refractivity contribution is -0.147. The summed E-state index contributed by atoms with van der Waals surface area (Å²) in [5.74, 6) is -1.90. The Labute approximate surface area is 114 Å². The number of benzene rings is 1. The first-order valence-electron chi connectivity index (χ1n) is 5.48. The maximum Gasteiger partial charge on any atom is 0.334 e. The zero-order valence-electron chi connectivity index (χ0n) is 10.5. The molecule has 1 atom stereocenters. The Morgan fingerprint density at radius 3 is 2.80 bits per heavy atom. The van der Waals surface area contributed by atoms with Gasteiger partial charge in [0.25, 0.3) is 0 Å². The van der Waals surface area contributed by atoms with Gasteiger partial charge < -0.3 is 20.5 Å². The number of carbonyl (C=O) groups is 2. The molecule has 0 bridgehead atoms. The van der Waals surface area contributed by atoms with Gasteiger partial charge in [0.2, 0.25) is 0 Å². The number of carboxylic acid groups (broad SMARTS) is 1. The lowest BCUT2D eigenvalue weighted by Crippen LogP contribution is -2.39. The van der Waals surface area contributed by atoms with Crippen molar-refractivity contribution in [2.75, 3.05) is 19.0 Å². The number of nitriles is 1. The Hall–Kier alpha value is -2.66. The second-order valence-corrected chi connectivity index (χ2v) is 3.70. The maximum absolute atomic E-state index is 13.1. The molecule has 8 heteroatoms. The zero-order chi connectivity index (χ0) is 15.1. The minimum absolute atomic E-state index is 0.205. The summed E-state index contributed by atoms with van der Waals surface area (Å²) in [5.41, 5.74) is 0.00726. The van der Waals surface area contributed by atoms with E-state index in [1.165, 1.54) is 19.2 Å². The first kappa shape index (κ1) is 15.4. The molecule has 0 heterocycles. The second-order valence-electron chi connectivity index (χ2n) is 3.70. The number of nitrogens with one attached hydrogen (secondary N) is 2. The van der Waals surface area contributed by atoms with Crippen LogP contribution in [0.4, 0.5) is 14.9 Å². The molecule has 0 saturated carbocycles. The van der Waals surface area contributed by atoms with Crippen LogP contribution in [0.3, 0.4) is 0 Å². The molecule has 0 aliphatic carbocycles. The Balaban J connectivity index is 2.59.